The van der Waals surface area contributed by atoms with Gasteiger partial charge in [0, 0.05) is 57.4 Å². The summed E-state index contributed by atoms with van der Waals surface area (Å²) in [5.41, 5.74) is 12.8. The summed E-state index contributed by atoms with van der Waals surface area (Å²) in [6.07, 6.45) is -4.45. The molecule has 0 aliphatic carbocycles. The van der Waals surface area contributed by atoms with E-state index in [-0.39, 0.29) is 66.9 Å². The lowest BCUT2D eigenvalue weighted by Gasteiger charge is -2.26. The van der Waals surface area contributed by atoms with Gasteiger partial charge in [-0.25, -0.2) is 19.6 Å². The highest BCUT2D eigenvalue weighted by Gasteiger charge is 2.36. The molecule has 3 heterocycles. The van der Waals surface area contributed by atoms with Gasteiger partial charge in [-0.05, 0) is 98.5 Å². The SMILES string of the molecule is COc1ccc2c(c1)c(CC(=O)OCCSSCC(NC(=O)C(CC(=O)O)NC(=O)C(CC(=O)O)NC(=O)C(CCCNC(=N)N)NC(=O)C(CC(=O)O)NC(=O)CCC(NC(=O)c1ccc(NCc3cnc4nc(N)[nH]c(=O)c4n3)cc1)C(=O)O)C(=O)O)c(C)n2C(=O)c1ccc(Cl)cc1. The van der Waals surface area contributed by atoms with Crippen molar-refractivity contribution in [3.8, 4) is 5.75 Å². The normalized spacial score (nSPS) is 12.7. The molecule has 0 spiro atoms. The minimum absolute atomic E-state index is 0.0202. The van der Waals surface area contributed by atoms with E-state index in [4.69, 9.17) is 38.0 Å². The molecule has 0 bridgehead atoms. The number of carbonyl (C=O) groups is 13. The summed E-state index contributed by atoms with van der Waals surface area (Å²) in [5, 5.41) is 76.0. The van der Waals surface area contributed by atoms with Crippen molar-refractivity contribution in [2.75, 3.05) is 42.8 Å². The number of aliphatic carboxylic acids is 5. The van der Waals surface area contributed by atoms with Crippen LogP contribution in [0.15, 0.2) is 77.7 Å². The maximum atomic E-state index is 14.0. The number of H-pyrrole nitrogens is 1. The van der Waals surface area contributed by atoms with E-state index in [0.717, 1.165) is 21.6 Å². The molecule has 0 aliphatic rings. The lowest BCUT2D eigenvalue weighted by Crippen LogP contribution is -2.59. The van der Waals surface area contributed by atoms with Crippen LogP contribution in [0.4, 0.5) is 11.6 Å². The van der Waals surface area contributed by atoms with Crippen molar-refractivity contribution in [1.82, 2.24) is 61.7 Å². The molecule has 0 saturated heterocycles. The lowest BCUT2D eigenvalue weighted by molar-refractivity contribution is -0.144. The Morgan fingerprint density at radius 1 is 0.703 bits per heavy atom. The van der Waals surface area contributed by atoms with E-state index >= 15 is 0 Å². The minimum Gasteiger partial charge on any atom is -0.497 e. The number of nitrogens with one attached hydrogen (secondary N) is 10. The molecule has 6 amide bonds. The van der Waals surface area contributed by atoms with Gasteiger partial charge in [-0.15, -0.1) is 0 Å². The molecule has 40 heteroatoms. The number of ether oxygens (including phenoxy) is 2. The third kappa shape index (κ3) is 23.8. The van der Waals surface area contributed by atoms with Gasteiger partial charge in [-0.2, -0.15) is 4.98 Å². The Labute approximate surface area is 583 Å². The summed E-state index contributed by atoms with van der Waals surface area (Å²) in [4.78, 5) is 196. The van der Waals surface area contributed by atoms with Crippen molar-refractivity contribution in [3.63, 3.8) is 0 Å². The fourth-order valence-corrected chi connectivity index (χ4v) is 11.7. The first kappa shape index (κ1) is 78.4. The van der Waals surface area contributed by atoms with Gasteiger partial charge in [-0.3, -0.25) is 72.5 Å². The quantitative estimate of drug-likeness (QED) is 0.00784. The minimum atomic E-state index is -2.18. The summed E-state index contributed by atoms with van der Waals surface area (Å²) in [7, 11) is 3.37. The van der Waals surface area contributed by atoms with Crippen molar-refractivity contribution < 1.29 is 97.3 Å². The number of halogens is 1. The molecular formula is C61H69ClN16O21S2. The average molecular weight is 1460 g/mol. The maximum absolute atomic E-state index is 14.0. The number of methoxy groups -OCH3 is 1. The van der Waals surface area contributed by atoms with Crippen LogP contribution in [-0.2, 0) is 70.4 Å². The van der Waals surface area contributed by atoms with Crippen molar-refractivity contribution in [1.29, 1.82) is 5.41 Å². The number of fused-ring (bicyclic) bond motifs is 2. The predicted molar refractivity (Wildman–Crippen MR) is 361 cm³/mol. The number of amides is 6. The highest BCUT2D eigenvalue weighted by Crippen LogP contribution is 2.32. The zero-order chi connectivity index (χ0) is 74.2. The number of aromatic amines is 1. The first-order chi connectivity index (χ1) is 47.9. The molecule has 0 fully saturated rings. The Hall–Kier alpha value is -11.6. The molecule has 0 aliphatic heterocycles. The Bertz CT molecular complexity index is 4200. The molecule has 3 aromatic heterocycles. The topological polar surface area (TPSA) is 590 Å². The second kappa shape index (κ2) is 37.4. The molecular weight excluding hydrogens is 1390 g/mol. The third-order valence-electron chi connectivity index (χ3n) is 14.6. The standard InChI is InChI=1S/C61H69ClN16O21S2/c1-28-35(36-20-34(98-2)13-15-43(36)78(28)57(93)30-5-9-31(62)10-6-30)21-48(86)99-18-19-100-101-27-42(59(96)97)75-55(91)41(24-47(84)85)74-54(90)40(23-46(82)83)73-52(88)37(4-3-17-66-60(63)64)71-53(89)39(22-45(80)81)70-44(79)16-14-38(58(94)95)72-51(87)29-7-11-32(12-8-29)67-25-33-26-68-50-49(69-33)56(92)77-61(65)76-50/h5-13,15,20,26,37-42,67H,3-4,14,16-19,21-25,27H2,1-2H3,(H,70,79)(H,71,89)(H,72,87)(H,73,88)(H,74,90)(H,75,91)(H,80,81)(H,82,83)(H,84,85)(H,94,95)(H,96,97)(H4,63,64,66)(H3,65,68,76,77,92). The number of aromatic nitrogens is 5. The van der Waals surface area contributed by atoms with E-state index < -0.39 is 163 Å². The number of benzene rings is 3. The predicted octanol–water partition coefficient (Wildman–Crippen LogP) is -0.153. The van der Waals surface area contributed by atoms with E-state index in [2.05, 4.69) is 57.2 Å². The van der Waals surface area contributed by atoms with Gasteiger partial charge in [0.15, 0.2) is 17.1 Å². The average Bonchev–Trinajstić information content (AvgIpc) is 1.61. The third-order valence-corrected chi connectivity index (χ3v) is 17.2. The van der Waals surface area contributed by atoms with E-state index in [0.29, 0.717) is 49.9 Å². The summed E-state index contributed by atoms with van der Waals surface area (Å²) in [6, 6.07) is 5.27. The van der Waals surface area contributed by atoms with Gasteiger partial charge in [0.2, 0.25) is 35.5 Å². The Kier molecular flexibility index (Phi) is 29.0. The van der Waals surface area contributed by atoms with E-state index in [1.54, 1.807) is 49.4 Å². The Balaban J connectivity index is 1.03. The van der Waals surface area contributed by atoms with Crippen molar-refractivity contribution in [2.24, 2.45) is 5.73 Å². The van der Waals surface area contributed by atoms with Crippen molar-refractivity contribution >= 4 is 150 Å². The summed E-state index contributed by atoms with van der Waals surface area (Å²) < 4.78 is 12.3. The zero-order valence-corrected chi connectivity index (χ0v) is 55.9. The fraction of sp³-hybridized carbons (Fsp3) is 0.344. The molecule has 6 aromatic rings. The molecule has 6 atom stereocenters. The van der Waals surface area contributed by atoms with Crippen LogP contribution in [0.2, 0.25) is 5.02 Å². The molecule has 6 rings (SSSR count). The first-order valence-electron chi connectivity index (χ1n) is 30.2. The van der Waals surface area contributed by atoms with Gasteiger partial charge in [-0.1, -0.05) is 33.2 Å². The number of nitrogen functional groups attached to an aromatic ring is 1. The largest absolute Gasteiger partial charge is 0.497 e. The van der Waals surface area contributed by atoms with Gasteiger partial charge < -0.3 is 89.0 Å². The molecule has 0 saturated carbocycles. The number of nitrogens with zero attached hydrogens (tertiary/aromatic N) is 4. The van der Waals surface area contributed by atoms with E-state index in [1.807, 2.05) is 5.32 Å². The summed E-state index contributed by atoms with van der Waals surface area (Å²) in [5.74, 6) is -17.5. The van der Waals surface area contributed by atoms with Crippen LogP contribution in [0.3, 0.4) is 0 Å². The van der Waals surface area contributed by atoms with Crippen LogP contribution in [-0.4, -0.2) is 201 Å². The van der Waals surface area contributed by atoms with Crippen LogP contribution < -0.4 is 64.3 Å². The van der Waals surface area contributed by atoms with Gasteiger partial charge in [0.25, 0.3) is 17.4 Å². The van der Waals surface area contributed by atoms with Crippen molar-refractivity contribution in [2.45, 2.75) is 101 Å². The second-order valence-corrected chi connectivity index (χ2v) is 25.0. The fourth-order valence-electron chi connectivity index (χ4n) is 9.60. The van der Waals surface area contributed by atoms with Gasteiger partial charge in [0.05, 0.1) is 56.7 Å². The Morgan fingerprint density at radius 2 is 1.28 bits per heavy atom. The van der Waals surface area contributed by atoms with Crippen molar-refractivity contribution in [3.05, 3.63) is 116 Å². The molecule has 3 aromatic carbocycles. The number of hydrogen-bond acceptors (Lipinski definition) is 24. The van der Waals surface area contributed by atoms with Crippen LogP contribution in [0.25, 0.3) is 22.1 Å². The molecule has 0 radical (unpaired) electrons. The first-order valence-corrected chi connectivity index (χ1v) is 33.0. The number of nitrogens with two attached hydrogens (primary N) is 2. The second-order valence-electron chi connectivity index (χ2n) is 21.9. The highest BCUT2D eigenvalue weighted by molar-refractivity contribution is 8.76. The van der Waals surface area contributed by atoms with Crippen LogP contribution in [0.5, 0.6) is 5.75 Å². The number of anilines is 2. The monoisotopic (exact) mass is 1460 g/mol. The van der Waals surface area contributed by atoms with Crippen LogP contribution >= 0.6 is 33.2 Å². The maximum Gasteiger partial charge on any atom is 0.327 e. The summed E-state index contributed by atoms with van der Waals surface area (Å²) in [6.45, 7) is 1.42. The zero-order valence-electron chi connectivity index (χ0n) is 53.5. The number of carboxylic acids is 5. The smallest absolute Gasteiger partial charge is 0.327 e. The molecule has 6 unspecified atom stereocenters. The molecule has 538 valence electrons. The lowest BCUT2D eigenvalue weighted by atomic mass is 10.1. The van der Waals surface area contributed by atoms with Gasteiger partial charge in [0.1, 0.15) is 48.6 Å². The number of esters is 1. The van der Waals surface area contributed by atoms with Crippen LogP contribution in [0.1, 0.15) is 82.6 Å². The number of hydrogen-bond donors (Lipinski definition) is 17. The number of carboxylic acid groups (broad SMARTS) is 5. The Morgan fingerprint density at radius 3 is 1.86 bits per heavy atom. The molecule has 19 N–H and O–H groups in total. The number of guanidine groups is 1. The number of carbonyl (C=O) groups excluding carboxylic acids is 8. The number of rotatable bonds is 39. The highest BCUT2D eigenvalue weighted by atomic mass is 35.5. The van der Waals surface area contributed by atoms with Crippen LogP contribution in [0, 0.1) is 12.3 Å². The molecule has 101 heavy (non-hydrogen) atoms. The van der Waals surface area contributed by atoms with E-state index in [9.17, 15) is 92.7 Å². The van der Waals surface area contributed by atoms with Gasteiger partial charge >= 0.3 is 35.8 Å². The van der Waals surface area contributed by atoms with E-state index in [1.165, 1.54) is 42.1 Å². The molecule has 37 nitrogen and oxygen atoms in total. The summed E-state index contributed by atoms with van der Waals surface area (Å²) >= 11 is 6.04.